The molecule has 0 spiro atoms. The summed E-state index contributed by atoms with van der Waals surface area (Å²) < 4.78 is 13.8. The van der Waals surface area contributed by atoms with Gasteiger partial charge < -0.3 is 5.32 Å². The lowest BCUT2D eigenvalue weighted by molar-refractivity contribution is 0.573. The molecule has 0 amide bonds. The summed E-state index contributed by atoms with van der Waals surface area (Å²) >= 11 is 0. The molecule has 1 aromatic carbocycles. The van der Waals surface area contributed by atoms with Gasteiger partial charge >= 0.3 is 0 Å². The van der Waals surface area contributed by atoms with Crippen molar-refractivity contribution in [3.63, 3.8) is 0 Å². The normalized spacial score (nSPS) is 12.4. The van der Waals surface area contributed by atoms with Gasteiger partial charge in [0.25, 0.3) is 0 Å². The van der Waals surface area contributed by atoms with Gasteiger partial charge in [0.1, 0.15) is 5.82 Å². The maximum absolute atomic E-state index is 13.8. The SMILES string of the molecule is CCCNC(c1ccc(C)c(F)c1)c1cc(C)ccn1. The van der Waals surface area contributed by atoms with Crippen molar-refractivity contribution < 1.29 is 4.39 Å². The van der Waals surface area contributed by atoms with Crippen LogP contribution in [0.4, 0.5) is 4.39 Å². The molecule has 0 saturated carbocycles. The number of pyridine rings is 1. The molecule has 1 N–H and O–H groups in total. The van der Waals surface area contributed by atoms with E-state index in [1.54, 1.807) is 19.2 Å². The summed E-state index contributed by atoms with van der Waals surface area (Å²) in [5.74, 6) is -0.168. The highest BCUT2D eigenvalue weighted by atomic mass is 19.1. The van der Waals surface area contributed by atoms with Crippen molar-refractivity contribution in [2.45, 2.75) is 33.2 Å². The molecule has 2 rings (SSSR count). The third-order valence-electron chi connectivity index (χ3n) is 3.36. The van der Waals surface area contributed by atoms with Gasteiger partial charge in [0, 0.05) is 6.20 Å². The Morgan fingerprint density at radius 3 is 2.65 bits per heavy atom. The second-order valence-electron chi connectivity index (χ2n) is 5.15. The van der Waals surface area contributed by atoms with Crippen LogP contribution in [0.1, 0.15) is 41.8 Å². The molecule has 1 aromatic heterocycles. The van der Waals surface area contributed by atoms with Crippen LogP contribution in [0.3, 0.4) is 0 Å². The average molecular weight is 272 g/mol. The monoisotopic (exact) mass is 272 g/mol. The van der Waals surface area contributed by atoms with E-state index in [4.69, 9.17) is 0 Å². The predicted molar refractivity (Wildman–Crippen MR) is 80.2 cm³/mol. The Kier molecular flexibility index (Phi) is 4.85. The van der Waals surface area contributed by atoms with E-state index >= 15 is 0 Å². The highest BCUT2D eigenvalue weighted by molar-refractivity contribution is 5.32. The molecule has 0 bridgehead atoms. The van der Waals surface area contributed by atoms with Crippen LogP contribution in [-0.4, -0.2) is 11.5 Å². The third-order valence-corrected chi connectivity index (χ3v) is 3.36. The van der Waals surface area contributed by atoms with E-state index in [1.165, 1.54) is 0 Å². The summed E-state index contributed by atoms with van der Waals surface area (Å²) in [7, 11) is 0. The van der Waals surface area contributed by atoms with Crippen LogP contribution in [0.5, 0.6) is 0 Å². The molecule has 3 heteroatoms. The van der Waals surface area contributed by atoms with Gasteiger partial charge in [-0.25, -0.2) is 4.39 Å². The molecule has 0 aliphatic carbocycles. The fourth-order valence-corrected chi connectivity index (χ4v) is 2.19. The van der Waals surface area contributed by atoms with Crippen LogP contribution in [0.2, 0.25) is 0 Å². The van der Waals surface area contributed by atoms with Crippen LogP contribution in [0.15, 0.2) is 36.5 Å². The van der Waals surface area contributed by atoms with E-state index in [-0.39, 0.29) is 11.9 Å². The van der Waals surface area contributed by atoms with E-state index in [9.17, 15) is 4.39 Å². The zero-order chi connectivity index (χ0) is 14.5. The summed E-state index contributed by atoms with van der Waals surface area (Å²) in [5.41, 5.74) is 3.67. The molecule has 0 aliphatic rings. The van der Waals surface area contributed by atoms with Crippen molar-refractivity contribution in [1.29, 1.82) is 0 Å². The standard InChI is InChI=1S/C17H21FN2/c1-4-8-20-17(16-10-12(2)7-9-19-16)14-6-5-13(3)15(18)11-14/h5-7,9-11,17,20H,4,8H2,1-3H3. The molecule has 0 radical (unpaired) electrons. The van der Waals surface area contributed by atoms with E-state index in [0.717, 1.165) is 29.8 Å². The number of rotatable bonds is 5. The van der Waals surface area contributed by atoms with Gasteiger partial charge in [0.2, 0.25) is 0 Å². The lowest BCUT2D eigenvalue weighted by Gasteiger charge is -2.19. The lowest BCUT2D eigenvalue weighted by atomic mass is 10.0. The third kappa shape index (κ3) is 3.42. The largest absolute Gasteiger partial charge is 0.305 e. The zero-order valence-corrected chi connectivity index (χ0v) is 12.3. The van der Waals surface area contributed by atoms with Crippen LogP contribution in [-0.2, 0) is 0 Å². The Balaban J connectivity index is 2.38. The highest BCUT2D eigenvalue weighted by Crippen LogP contribution is 2.23. The Morgan fingerprint density at radius 2 is 2.00 bits per heavy atom. The number of aryl methyl sites for hydroxylation is 2. The molecule has 1 unspecified atom stereocenters. The summed E-state index contributed by atoms with van der Waals surface area (Å²) in [6, 6.07) is 9.34. The van der Waals surface area contributed by atoms with Gasteiger partial charge in [-0.15, -0.1) is 0 Å². The minimum atomic E-state index is -0.168. The number of benzene rings is 1. The van der Waals surface area contributed by atoms with Gasteiger partial charge in [0.05, 0.1) is 11.7 Å². The summed E-state index contributed by atoms with van der Waals surface area (Å²) in [4.78, 5) is 4.44. The van der Waals surface area contributed by atoms with Crippen LogP contribution >= 0.6 is 0 Å². The fourth-order valence-electron chi connectivity index (χ4n) is 2.19. The van der Waals surface area contributed by atoms with Crippen LogP contribution < -0.4 is 5.32 Å². The van der Waals surface area contributed by atoms with E-state index in [1.807, 2.05) is 31.2 Å². The van der Waals surface area contributed by atoms with Gasteiger partial charge in [-0.1, -0.05) is 19.1 Å². The summed E-state index contributed by atoms with van der Waals surface area (Å²) in [5, 5.41) is 3.45. The predicted octanol–water partition coefficient (Wildman–Crippen LogP) is 3.93. The molecule has 0 saturated heterocycles. The molecule has 2 nitrogen and oxygen atoms in total. The lowest BCUT2D eigenvalue weighted by Crippen LogP contribution is -2.24. The van der Waals surface area contributed by atoms with E-state index in [2.05, 4.69) is 17.2 Å². The van der Waals surface area contributed by atoms with Gasteiger partial charge in [-0.3, -0.25) is 4.98 Å². The quantitative estimate of drug-likeness (QED) is 0.892. The van der Waals surface area contributed by atoms with Crippen molar-refractivity contribution in [3.05, 3.63) is 64.7 Å². The minimum absolute atomic E-state index is 0.0649. The van der Waals surface area contributed by atoms with Crippen LogP contribution in [0.25, 0.3) is 0 Å². The van der Waals surface area contributed by atoms with E-state index < -0.39 is 0 Å². The molecular weight excluding hydrogens is 251 g/mol. The first-order valence-corrected chi connectivity index (χ1v) is 7.03. The van der Waals surface area contributed by atoms with Crippen molar-refractivity contribution in [3.8, 4) is 0 Å². The minimum Gasteiger partial charge on any atom is -0.305 e. The molecule has 2 aromatic rings. The Labute approximate surface area is 120 Å². The van der Waals surface area contributed by atoms with E-state index in [0.29, 0.717) is 5.56 Å². The highest BCUT2D eigenvalue weighted by Gasteiger charge is 2.16. The smallest absolute Gasteiger partial charge is 0.126 e. The Morgan fingerprint density at radius 1 is 1.20 bits per heavy atom. The topological polar surface area (TPSA) is 24.9 Å². The van der Waals surface area contributed by atoms with Gasteiger partial charge in [-0.05, 0) is 61.7 Å². The van der Waals surface area contributed by atoms with Crippen molar-refractivity contribution in [2.24, 2.45) is 0 Å². The van der Waals surface area contributed by atoms with Crippen LogP contribution in [0, 0.1) is 19.7 Å². The zero-order valence-electron chi connectivity index (χ0n) is 12.3. The van der Waals surface area contributed by atoms with Gasteiger partial charge in [-0.2, -0.15) is 0 Å². The summed E-state index contributed by atoms with van der Waals surface area (Å²) in [6.07, 6.45) is 2.83. The van der Waals surface area contributed by atoms with Gasteiger partial charge in [0.15, 0.2) is 0 Å². The number of nitrogens with one attached hydrogen (secondary N) is 1. The van der Waals surface area contributed by atoms with Crippen molar-refractivity contribution >= 4 is 0 Å². The first-order chi connectivity index (χ1) is 9.61. The number of aromatic nitrogens is 1. The summed E-state index contributed by atoms with van der Waals surface area (Å²) in [6.45, 7) is 6.80. The Bertz CT molecular complexity index is 581. The fraction of sp³-hybridized carbons (Fsp3) is 0.353. The average Bonchev–Trinajstić information content (AvgIpc) is 2.43. The maximum Gasteiger partial charge on any atom is 0.126 e. The molecular formula is C17H21FN2. The number of hydrogen-bond donors (Lipinski definition) is 1. The molecule has 106 valence electrons. The number of halogens is 1. The molecule has 20 heavy (non-hydrogen) atoms. The molecule has 1 atom stereocenters. The first-order valence-electron chi connectivity index (χ1n) is 7.03. The molecule has 0 aliphatic heterocycles. The van der Waals surface area contributed by atoms with Crippen molar-refractivity contribution in [2.75, 3.05) is 6.54 Å². The number of nitrogens with zero attached hydrogens (tertiary/aromatic N) is 1. The Hall–Kier alpha value is -1.74. The van der Waals surface area contributed by atoms with Crippen molar-refractivity contribution in [1.82, 2.24) is 10.3 Å². The molecule has 0 fully saturated rings. The second-order valence-corrected chi connectivity index (χ2v) is 5.15. The second kappa shape index (κ2) is 6.62. The first kappa shape index (κ1) is 14.7. The maximum atomic E-state index is 13.8. The molecule has 1 heterocycles. The number of hydrogen-bond acceptors (Lipinski definition) is 2.